The number of hydrogen-bond acceptors (Lipinski definition) is 3. The summed E-state index contributed by atoms with van der Waals surface area (Å²) in [6.07, 6.45) is 1.77. The lowest BCUT2D eigenvalue weighted by molar-refractivity contribution is -0.00862. The first-order valence-electron chi connectivity index (χ1n) is 4.78. The average molecular weight is 277 g/mol. The molecular weight excluding hydrogens is 264 g/mol. The van der Waals surface area contributed by atoms with Crippen molar-refractivity contribution in [2.24, 2.45) is 5.92 Å². The molecular formula is C10H13BrO2S. The van der Waals surface area contributed by atoms with E-state index in [1.54, 1.807) is 11.3 Å². The summed E-state index contributed by atoms with van der Waals surface area (Å²) in [5.41, 5.74) is 0. The van der Waals surface area contributed by atoms with E-state index in [0.717, 1.165) is 28.1 Å². The molecule has 2 rings (SSSR count). The zero-order valence-electron chi connectivity index (χ0n) is 7.78. The number of rotatable bonds is 2. The van der Waals surface area contributed by atoms with Crippen molar-refractivity contribution in [1.29, 1.82) is 0 Å². The summed E-state index contributed by atoms with van der Waals surface area (Å²) in [5, 5.41) is 10.1. The van der Waals surface area contributed by atoms with Crippen LogP contribution in [0.1, 0.15) is 23.8 Å². The van der Waals surface area contributed by atoms with Crippen LogP contribution in [-0.4, -0.2) is 18.3 Å². The summed E-state index contributed by atoms with van der Waals surface area (Å²) in [4.78, 5) is 1.03. The Kier molecular flexibility index (Phi) is 3.60. The maximum Gasteiger partial charge on any atom is 0.0932 e. The number of hydrogen-bond donors (Lipinski definition) is 1. The van der Waals surface area contributed by atoms with Gasteiger partial charge in [-0.3, -0.25) is 0 Å². The molecule has 1 aliphatic heterocycles. The third-order valence-electron chi connectivity index (χ3n) is 2.53. The van der Waals surface area contributed by atoms with E-state index in [4.69, 9.17) is 4.74 Å². The van der Waals surface area contributed by atoms with Gasteiger partial charge >= 0.3 is 0 Å². The van der Waals surface area contributed by atoms with Gasteiger partial charge in [-0.25, -0.2) is 0 Å². The summed E-state index contributed by atoms with van der Waals surface area (Å²) < 4.78 is 6.44. The highest BCUT2D eigenvalue weighted by Gasteiger charge is 2.24. The van der Waals surface area contributed by atoms with Gasteiger partial charge in [-0.15, -0.1) is 11.3 Å². The largest absolute Gasteiger partial charge is 0.387 e. The Labute approximate surface area is 96.0 Å². The standard InChI is InChI=1S/C10H13BrO2S/c11-9-4-3-8(14-9)10(12)7-2-1-5-13-6-7/h3-4,7,10,12H,1-2,5-6H2. The molecule has 0 amide bonds. The van der Waals surface area contributed by atoms with E-state index in [0.29, 0.717) is 6.61 Å². The molecule has 1 fully saturated rings. The topological polar surface area (TPSA) is 29.5 Å². The fourth-order valence-corrected chi connectivity index (χ4v) is 3.24. The second-order valence-electron chi connectivity index (χ2n) is 3.56. The van der Waals surface area contributed by atoms with E-state index in [1.807, 2.05) is 12.1 Å². The lowest BCUT2D eigenvalue weighted by Gasteiger charge is -2.25. The first-order chi connectivity index (χ1) is 6.77. The zero-order chi connectivity index (χ0) is 9.97. The summed E-state index contributed by atoms with van der Waals surface area (Å²) >= 11 is 5.00. The highest BCUT2D eigenvalue weighted by molar-refractivity contribution is 9.11. The number of halogens is 1. The normalized spacial score (nSPS) is 24.9. The van der Waals surface area contributed by atoms with Crippen LogP contribution >= 0.6 is 27.3 Å². The molecule has 4 heteroatoms. The van der Waals surface area contributed by atoms with E-state index < -0.39 is 0 Å². The summed E-state index contributed by atoms with van der Waals surface area (Å²) in [6.45, 7) is 1.54. The fraction of sp³-hybridized carbons (Fsp3) is 0.600. The van der Waals surface area contributed by atoms with Crippen molar-refractivity contribution >= 4 is 27.3 Å². The van der Waals surface area contributed by atoms with Crippen LogP contribution < -0.4 is 0 Å². The van der Waals surface area contributed by atoms with E-state index in [9.17, 15) is 5.11 Å². The monoisotopic (exact) mass is 276 g/mol. The second-order valence-corrected chi connectivity index (χ2v) is 6.06. The number of aliphatic hydroxyl groups excluding tert-OH is 1. The Hall–Kier alpha value is 0.1000. The van der Waals surface area contributed by atoms with Crippen LogP contribution in [0, 0.1) is 5.92 Å². The van der Waals surface area contributed by atoms with Gasteiger partial charge in [0.15, 0.2) is 0 Å². The van der Waals surface area contributed by atoms with Gasteiger partial charge < -0.3 is 9.84 Å². The van der Waals surface area contributed by atoms with Crippen molar-refractivity contribution in [3.05, 3.63) is 20.8 Å². The molecule has 1 N–H and O–H groups in total. The Balaban J connectivity index is 2.03. The van der Waals surface area contributed by atoms with Crippen molar-refractivity contribution in [3.8, 4) is 0 Å². The Bertz CT molecular complexity index is 294. The van der Waals surface area contributed by atoms with Gasteiger partial charge in [-0.1, -0.05) is 0 Å². The third-order valence-corrected chi connectivity index (χ3v) is 4.22. The number of aliphatic hydroxyl groups is 1. The fourth-order valence-electron chi connectivity index (χ4n) is 1.73. The van der Waals surface area contributed by atoms with Crippen LogP contribution in [0.5, 0.6) is 0 Å². The minimum atomic E-state index is -0.355. The van der Waals surface area contributed by atoms with Crippen molar-refractivity contribution < 1.29 is 9.84 Å². The van der Waals surface area contributed by atoms with Gasteiger partial charge in [0.25, 0.3) is 0 Å². The maximum absolute atomic E-state index is 10.1. The molecule has 0 aliphatic carbocycles. The lowest BCUT2D eigenvalue weighted by Crippen LogP contribution is -2.23. The van der Waals surface area contributed by atoms with Crippen molar-refractivity contribution in [2.75, 3.05) is 13.2 Å². The molecule has 14 heavy (non-hydrogen) atoms. The SMILES string of the molecule is OC(c1ccc(Br)s1)C1CCCOC1. The van der Waals surface area contributed by atoms with Gasteiger partial charge in [0, 0.05) is 17.4 Å². The summed E-state index contributed by atoms with van der Waals surface area (Å²) in [6, 6.07) is 3.96. The molecule has 2 unspecified atom stereocenters. The first kappa shape index (κ1) is 10.6. The Morgan fingerprint density at radius 1 is 1.57 bits per heavy atom. The minimum Gasteiger partial charge on any atom is -0.387 e. The molecule has 1 saturated heterocycles. The second kappa shape index (κ2) is 4.75. The molecule has 0 saturated carbocycles. The van der Waals surface area contributed by atoms with Gasteiger partial charge in [-0.2, -0.15) is 0 Å². The van der Waals surface area contributed by atoms with Crippen LogP contribution in [0.25, 0.3) is 0 Å². The molecule has 2 atom stereocenters. The van der Waals surface area contributed by atoms with Gasteiger partial charge in [0.2, 0.25) is 0 Å². The quantitative estimate of drug-likeness (QED) is 0.900. The van der Waals surface area contributed by atoms with Gasteiger partial charge in [0.05, 0.1) is 16.5 Å². The van der Waals surface area contributed by atoms with E-state index in [2.05, 4.69) is 15.9 Å². The predicted octanol–water partition coefficient (Wildman–Crippen LogP) is 2.97. The highest BCUT2D eigenvalue weighted by atomic mass is 79.9. The number of thiophene rings is 1. The molecule has 1 aromatic rings. The number of ether oxygens (including phenoxy) is 1. The molecule has 0 bridgehead atoms. The molecule has 2 nitrogen and oxygen atoms in total. The Morgan fingerprint density at radius 2 is 2.43 bits per heavy atom. The van der Waals surface area contributed by atoms with Crippen LogP contribution in [0.2, 0.25) is 0 Å². The highest BCUT2D eigenvalue weighted by Crippen LogP contribution is 2.34. The average Bonchev–Trinajstić information content (AvgIpc) is 2.65. The zero-order valence-corrected chi connectivity index (χ0v) is 10.2. The van der Waals surface area contributed by atoms with E-state index >= 15 is 0 Å². The van der Waals surface area contributed by atoms with Crippen molar-refractivity contribution in [3.63, 3.8) is 0 Å². The molecule has 2 heterocycles. The van der Waals surface area contributed by atoms with E-state index in [1.165, 1.54) is 0 Å². The molecule has 78 valence electrons. The smallest absolute Gasteiger partial charge is 0.0932 e. The summed E-state index contributed by atoms with van der Waals surface area (Å²) in [7, 11) is 0. The molecule has 1 aromatic heterocycles. The molecule has 1 aliphatic rings. The predicted molar refractivity (Wildman–Crippen MR) is 60.5 cm³/mol. The lowest BCUT2D eigenvalue weighted by atomic mass is 9.95. The van der Waals surface area contributed by atoms with Crippen LogP contribution in [0.15, 0.2) is 15.9 Å². The van der Waals surface area contributed by atoms with Crippen LogP contribution in [-0.2, 0) is 4.74 Å². The van der Waals surface area contributed by atoms with Crippen LogP contribution in [0.4, 0.5) is 0 Å². The maximum atomic E-state index is 10.1. The molecule has 0 aromatic carbocycles. The summed E-state index contributed by atoms with van der Waals surface area (Å²) in [5.74, 6) is 0.272. The minimum absolute atomic E-state index is 0.272. The van der Waals surface area contributed by atoms with E-state index in [-0.39, 0.29) is 12.0 Å². The van der Waals surface area contributed by atoms with Crippen molar-refractivity contribution in [1.82, 2.24) is 0 Å². The first-order valence-corrected chi connectivity index (χ1v) is 6.39. The van der Waals surface area contributed by atoms with Crippen molar-refractivity contribution in [2.45, 2.75) is 18.9 Å². The molecule has 0 radical (unpaired) electrons. The van der Waals surface area contributed by atoms with Gasteiger partial charge in [-0.05, 0) is 40.9 Å². The van der Waals surface area contributed by atoms with Gasteiger partial charge in [0.1, 0.15) is 0 Å². The third kappa shape index (κ3) is 2.37. The Morgan fingerprint density at radius 3 is 3.00 bits per heavy atom. The molecule has 0 spiro atoms. The van der Waals surface area contributed by atoms with Crippen LogP contribution in [0.3, 0.4) is 0 Å².